The Kier molecular flexibility index (Phi) is 5.31. The lowest BCUT2D eigenvalue weighted by atomic mass is 9.92. The topological polar surface area (TPSA) is 58.2 Å². The standard InChI is InChI=1S/C15H25N3O2/c1-4-11-9-15(19)17-14(16-11)10-18(2)12-5-7-13(20-3)8-6-12/h9,12-13H,4-8,10H2,1-3H3,(H,16,17,19). The van der Waals surface area contributed by atoms with Crippen molar-refractivity contribution in [3.63, 3.8) is 0 Å². The van der Waals surface area contributed by atoms with Gasteiger partial charge in [-0.05, 0) is 39.2 Å². The van der Waals surface area contributed by atoms with Gasteiger partial charge in [0.1, 0.15) is 5.82 Å². The van der Waals surface area contributed by atoms with Crippen LogP contribution in [-0.4, -0.2) is 41.2 Å². The molecule has 1 aromatic rings. The van der Waals surface area contributed by atoms with E-state index in [9.17, 15) is 4.79 Å². The highest BCUT2D eigenvalue weighted by atomic mass is 16.5. The summed E-state index contributed by atoms with van der Waals surface area (Å²) in [7, 11) is 3.90. The van der Waals surface area contributed by atoms with Crippen molar-refractivity contribution in [2.45, 2.75) is 57.7 Å². The largest absolute Gasteiger partial charge is 0.381 e. The molecule has 1 saturated carbocycles. The van der Waals surface area contributed by atoms with E-state index in [1.54, 1.807) is 13.2 Å². The Hall–Kier alpha value is -1.20. The fourth-order valence-electron chi connectivity index (χ4n) is 2.91. The van der Waals surface area contributed by atoms with E-state index in [-0.39, 0.29) is 5.56 Å². The summed E-state index contributed by atoms with van der Waals surface area (Å²) in [6, 6.07) is 2.13. The van der Waals surface area contributed by atoms with Gasteiger partial charge in [0.25, 0.3) is 5.56 Å². The number of nitrogens with zero attached hydrogens (tertiary/aromatic N) is 2. The zero-order valence-corrected chi connectivity index (χ0v) is 12.7. The summed E-state index contributed by atoms with van der Waals surface area (Å²) in [6.45, 7) is 2.71. The van der Waals surface area contributed by atoms with E-state index in [1.165, 1.54) is 0 Å². The van der Waals surface area contributed by atoms with Crippen LogP contribution in [0.1, 0.15) is 44.1 Å². The minimum absolute atomic E-state index is 0.0525. The van der Waals surface area contributed by atoms with Gasteiger partial charge in [-0.25, -0.2) is 4.98 Å². The lowest BCUT2D eigenvalue weighted by Gasteiger charge is -2.33. The molecule has 0 radical (unpaired) electrons. The third-order valence-electron chi connectivity index (χ3n) is 4.21. The summed E-state index contributed by atoms with van der Waals surface area (Å²) in [6.07, 6.45) is 5.73. The fraction of sp³-hybridized carbons (Fsp3) is 0.733. The predicted molar refractivity (Wildman–Crippen MR) is 78.8 cm³/mol. The number of H-pyrrole nitrogens is 1. The molecule has 2 rings (SSSR count). The van der Waals surface area contributed by atoms with Gasteiger partial charge in [-0.2, -0.15) is 0 Å². The maximum absolute atomic E-state index is 11.6. The number of hydrogen-bond acceptors (Lipinski definition) is 4. The van der Waals surface area contributed by atoms with E-state index in [0.29, 0.717) is 18.7 Å². The Morgan fingerprint density at radius 2 is 2.10 bits per heavy atom. The quantitative estimate of drug-likeness (QED) is 0.891. The third-order valence-corrected chi connectivity index (χ3v) is 4.21. The molecule has 1 aliphatic rings. The number of aromatic amines is 1. The molecule has 0 aromatic carbocycles. The first kappa shape index (κ1) is 15.2. The molecule has 0 bridgehead atoms. The van der Waals surface area contributed by atoms with E-state index in [1.807, 2.05) is 6.92 Å². The van der Waals surface area contributed by atoms with E-state index >= 15 is 0 Å². The Morgan fingerprint density at radius 3 is 2.70 bits per heavy atom. The molecule has 0 saturated heterocycles. The smallest absolute Gasteiger partial charge is 0.251 e. The summed E-state index contributed by atoms with van der Waals surface area (Å²) >= 11 is 0. The Bertz CT molecular complexity index is 478. The van der Waals surface area contributed by atoms with E-state index in [0.717, 1.165) is 43.6 Å². The second-order valence-electron chi connectivity index (χ2n) is 5.62. The van der Waals surface area contributed by atoms with Crippen LogP contribution in [0.2, 0.25) is 0 Å². The molecule has 0 amide bonds. The molecule has 0 atom stereocenters. The van der Waals surface area contributed by atoms with Crippen LogP contribution >= 0.6 is 0 Å². The molecule has 112 valence electrons. The zero-order chi connectivity index (χ0) is 14.5. The van der Waals surface area contributed by atoms with Crippen LogP contribution in [0.15, 0.2) is 10.9 Å². The van der Waals surface area contributed by atoms with Gasteiger partial charge in [0.15, 0.2) is 0 Å². The van der Waals surface area contributed by atoms with Gasteiger partial charge >= 0.3 is 0 Å². The minimum atomic E-state index is -0.0525. The number of hydrogen-bond donors (Lipinski definition) is 1. The number of ether oxygens (including phenoxy) is 1. The van der Waals surface area contributed by atoms with E-state index in [4.69, 9.17) is 4.74 Å². The molecule has 0 unspecified atom stereocenters. The first-order valence-electron chi connectivity index (χ1n) is 7.44. The highest BCUT2D eigenvalue weighted by Gasteiger charge is 2.24. The summed E-state index contributed by atoms with van der Waals surface area (Å²) in [4.78, 5) is 21.2. The van der Waals surface area contributed by atoms with Crippen molar-refractivity contribution in [1.82, 2.24) is 14.9 Å². The van der Waals surface area contributed by atoms with Gasteiger partial charge in [-0.15, -0.1) is 0 Å². The van der Waals surface area contributed by atoms with Crippen molar-refractivity contribution in [2.75, 3.05) is 14.2 Å². The molecule has 1 aromatic heterocycles. The van der Waals surface area contributed by atoms with Crippen molar-refractivity contribution >= 4 is 0 Å². The number of methoxy groups -OCH3 is 1. The number of rotatable bonds is 5. The molecule has 1 aliphatic carbocycles. The van der Waals surface area contributed by atoms with Crippen LogP contribution in [0.4, 0.5) is 0 Å². The van der Waals surface area contributed by atoms with E-state index in [2.05, 4.69) is 21.9 Å². The van der Waals surface area contributed by atoms with Crippen LogP contribution in [0.3, 0.4) is 0 Å². The first-order valence-corrected chi connectivity index (χ1v) is 7.44. The molecule has 1 heterocycles. The minimum Gasteiger partial charge on any atom is -0.381 e. The van der Waals surface area contributed by atoms with Gasteiger partial charge in [-0.3, -0.25) is 9.69 Å². The van der Waals surface area contributed by atoms with Crippen molar-refractivity contribution in [3.8, 4) is 0 Å². The molecule has 1 N–H and O–H groups in total. The van der Waals surface area contributed by atoms with Gasteiger partial charge < -0.3 is 9.72 Å². The van der Waals surface area contributed by atoms with Crippen LogP contribution in [0, 0.1) is 0 Å². The maximum Gasteiger partial charge on any atom is 0.251 e. The summed E-state index contributed by atoms with van der Waals surface area (Å²) in [5.74, 6) is 0.769. The van der Waals surface area contributed by atoms with Crippen LogP contribution in [0.5, 0.6) is 0 Å². The monoisotopic (exact) mass is 279 g/mol. The Morgan fingerprint density at radius 1 is 1.40 bits per heavy atom. The predicted octanol–water partition coefficient (Wildman–Crippen LogP) is 1.72. The molecule has 5 nitrogen and oxygen atoms in total. The molecule has 0 aliphatic heterocycles. The van der Waals surface area contributed by atoms with Crippen LogP contribution in [-0.2, 0) is 17.7 Å². The van der Waals surface area contributed by atoms with Crippen molar-refractivity contribution in [3.05, 3.63) is 27.9 Å². The summed E-state index contributed by atoms with van der Waals surface area (Å²) in [5.41, 5.74) is 0.809. The maximum atomic E-state index is 11.6. The van der Waals surface area contributed by atoms with Gasteiger partial charge in [-0.1, -0.05) is 6.92 Å². The molecule has 20 heavy (non-hydrogen) atoms. The number of aromatic nitrogens is 2. The van der Waals surface area contributed by atoms with Crippen LogP contribution < -0.4 is 5.56 Å². The first-order chi connectivity index (χ1) is 9.62. The van der Waals surface area contributed by atoms with Gasteiger partial charge in [0.2, 0.25) is 0 Å². The average molecular weight is 279 g/mol. The fourth-order valence-corrected chi connectivity index (χ4v) is 2.91. The highest BCUT2D eigenvalue weighted by Crippen LogP contribution is 2.24. The second-order valence-corrected chi connectivity index (χ2v) is 5.62. The molecule has 1 fully saturated rings. The molecule has 0 spiro atoms. The number of nitrogens with one attached hydrogen (secondary N) is 1. The molecular weight excluding hydrogens is 254 g/mol. The van der Waals surface area contributed by atoms with Crippen molar-refractivity contribution in [2.24, 2.45) is 0 Å². The van der Waals surface area contributed by atoms with Gasteiger partial charge in [0.05, 0.1) is 12.6 Å². The lowest BCUT2D eigenvalue weighted by molar-refractivity contribution is 0.0422. The Balaban J connectivity index is 1.96. The SMILES string of the molecule is CCc1cc(=O)[nH]c(CN(C)C2CCC(OC)CC2)n1. The molecule has 5 heteroatoms. The van der Waals surface area contributed by atoms with Gasteiger partial charge in [0, 0.05) is 24.9 Å². The zero-order valence-electron chi connectivity index (χ0n) is 12.7. The average Bonchev–Trinajstić information content (AvgIpc) is 2.46. The lowest BCUT2D eigenvalue weighted by Crippen LogP contribution is -2.37. The molecular formula is C15H25N3O2. The van der Waals surface area contributed by atoms with Crippen molar-refractivity contribution < 1.29 is 4.74 Å². The number of aryl methyl sites for hydroxylation is 1. The second kappa shape index (κ2) is 6.99. The van der Waals surface area contributed by atoms with Crippen molar-refractivity contribution in [1.29, 1.82) is 0 Å². The summed E-state index contributed by atoms with van der Waals surface area (Å²) in [5, 5.41) is 0. The van der Waals surface area contributed by atoms with E-state index < -0.39 is 0 Å². The third kappa shape index (κ3) is 3.90. The summed E-state index contributed by atoms with van der Waals surface area (Å²) < 4.78 is 5.41. The Labute approximate surface area is 120 Å². The highest BCUT2D eigenvalue weighted by molar-refractivity contribution is 5.02. The normalized spacial score (nSPS) is 23.2. The van der Waals surface area contributed by atoms with Crippen LogP contribution in [0.25, 0.3) is 0 Å².